The largest absolute Gasteiger partial charge is 0.462 e. The second-order valence-electron chi connectivity index (χ2n) is 11.4. The molecule has 184 valence electrons. The third-order valence-corrected chi connectivity index (χ3v) is 9.68. The Kier molecular flexibility index (Phi) is 6.67. The van der Waals surface area contributed by atoms with E-state index in [0.29, 0.717) is 17.8 Å². The van der Waals surface area contributed by atoms with E-state index in [1.807, 2.05) is 0 Å². The van der Waals surface area contributed by atoms with Gasteiger partial charge >= 0.3 is 17.9 Å². The minimum absolute atomic E-state index is 0.0221. The zero-order valence-electron chi connectivity index (χ0n) is 20.9. The fourth-order valence-electron chi connectivity index (χ4n) is 8.26. The van der Waals surface area contributed by atoms with Gasteiger partial charge in [-0.2, -0.15) is 0 Å². The molecule has 0 saturated heterocycles. The van der Waals surface area contributed by atoms with Gasteiger partial charge in [-0.15, -0.1) is 0 Å². The lowest BCUT2D eigenvalue weighted by molar-refractivity contribution is -0.165. The summed E-state index contributed by atoms with van der Waals surface area (Å²) in [6.07, 6.45) is 10.5. The van der Waals surface area contributed by atoms with Crippen molar-refractivity contribution in [3.8, 4) is 0 Å². The van der Waals surface area contributed by atoms with Gasteiger partial charge in [0.25, 0.3) is 0 Å². The Balaban J connectivity index is 1.54. The second-order valence-corrected chi connectivity index (χ2v) is 11.4. The minimum Gasteiger partial charge on any atom is -0.462 e. The number of ether oxygens (including phenoxy) is 3. The van der Waals surface area contributed by atoms with Gasteiger partial charge in [-0.05, 0) is 73.5 Å². The Bertz CT molecular complexity index is 832. The fraction of sp³-hybridized carbons (Fsp3) is 0.815. The summed E-state index contributed by atoms with van der Waals surface area (Å²) in [5.74, 6) is 1.24. The van der Waals surface area contributed by atoms with Crippen LogP contribution < -0.4 is 0 Å². The van der Waals surface area contributed by atoms with Gasteiger partial charge in [0.15, 0.2) is 0 Å². The Hall–Kier alpha value is -1.85. The van der Waals surface area contributed by atoms with Gasteiger partial charge in [0.2, 0.25) is 0 Å². The van der Waals surface area contributed by atoms with Crippen molar-refractivity contribution >= 4 is 17.9 Å². The van der Waals surface area contributed by atoms with E-state index in [0.717, 1.165) is 44.9 Å². The van der Waals surface area contributed by atoms with E-state index in [4.69, 9.17) is 14.2 Å². The molecule has 0 heterocycles. The third kappa shape index (κ3) is 4.46. The summed E-state index contributed by atoms with van der Waals surface area (Å²) >= 11 is 0. The van der Waals surface area contributed by atoms with Crippen LogP contribution in [0.3, 0.4) is 0 Å². The van der Waals surface area contributed by atoms with Crippen molar-refractivity contribution in [2.75, 3.05) is 6.61 Å². The smallest absolute Gasteiger partial charge is 0.303 e. The molecule has 3 saturated carbocycles. The van der Waals surface area contributed by atoms with Crippen LogP contribution in [0.5, 0.6) is 0 Å². The lowest BCUT2D eigenvalue weighted by atomic mass is 9.47. The number of hydrogen-bond acceptors (Lipinski definition) is 6. The molecule has 4 rings (SSSR count). The van der Waals surface area contributed by atoms with E-state index in [-0.39, 0.29) is 53.5 Å². The van der Waals surface area contributed by atoms with E-state index in [2.05, 4.69) is 19.9 Å². The predicted octanol–water partition coefficient (Wildman–Crippen LogP) is 4.99. The molecule has 0 aromatic heterocycles. The summed E-state index contributed by atoms with van der Waals surface area (Å²) in [7, 11) is 0. The first-order chi connectivity index (χ1) is 15.5. The molecule has 0 unspecified atom stereocenters. The summed E-state index contributed by atoms with van der Waals surface area (Å²) in [4.78, 5) is 34.8. The monoisotopic (exact) mass is 460 g/mol. The molecule has 0 aliphatic heterocycles. The fourth-order valence-corrected chi connectivity index (χ4v) is 8.26. The van der Waals surface area contributed by atoms with E-state index in [1.165, 1.54) is 32.8 Å². The average Bonchev–Trinajstić information content (AvgIpc) is 3.08. The molecular weight excluding hydrogens is 420 g/mol. The number of fused-ring (bicyclic) bond motifs is 5. The Morgan fingerprint density at radius 1 is 0.970 bits per heavy atom. The average molecular weight is 461 g/mol. The van der Waals surface area contributed by atoms with Crippen molar-refractivity contribution in [1.82, 2.24) is 0 Å². The molecule has 33 heavy (non-hydrogen) atoms. The van der Waals surface area contributed by atoms with Crippen molar-refractivity contribution < 1.29 is 28.6 Å². The summed E-state index contributed by atoms with van der Waals surface area (Å²) in [5, 5.41) is 0. The molecule has 0 aromatic carbocycles. The van der Waals surface area contributed by atoms with Crippen molar-refractivity contribution in [2.24, 2.45) is 34.5 Å². The first-order valence-corrected chi connectivity index (χ1v) is 12.7. The maximum absolute atomic E-state index is 11.8. The van der Waals surface area contributed by atoms with Gasteiger partial charge in [0.1, 0.15) is 18.8 Å². The minimum atomic E-state index is -0.373. The van der Waals surface area contributed by atoms with Crippen molar-refractivity contribution in [3.63, 3.8) is 0 Å². The van der Waals surface area contributed by atoms with Gasteiger partial charge in [0.05, 0.1) is 0 Å². The molecule has 4 aliphatic carbocycles. The highest BCUT2D eigenvalue weighted by Crippen LogP contribution is 2.66. The van der Waals surface area contributed by atoms with E-state index in [9.17, 15) is 14.4 Å². The lowest BCUT2D eigenvalue weighted by Crippen LogP contribution is -2.52. The van der Waals surface area contributed by atoms with Crippen molar-refractivity contribution in [2.45, 2.75) is 98.2 Å². The molecule has 0 spiro atoms. The molecule has 8 atom stereocenters. The summed E-state index contributed by atoms with van der Waals surface area (Å²) in [5.41, 5.74) is 1.76. The summed E-state index contributed by atoms with van der Waals surface area (Å²) < 4.78 is 16.6. The van der Waals surface area contributed by atoms with Gasteiger partial charge in [0, 0.05) is 33.1 Å². The molecular formula is C27H40O6. The second kappa shape index (κ2) is 9.07. The quantitative estimate of drug-likeness (QED) is 0.327. The van der Waals surface area contributed by atoms with Crippen molar-refractivity contribution in [3.05, 3.63) is 11.6 Å². The van der Waals surface area contributed by atoms with Crippen LogP contribution in [0.15, 0.2) is 11.6 Å². The maximum atomic E-state index is 11.8. The Labute approximate surface area is 197 Å². The van der Waals surface area contributed by atoms with Crippen molar-refractivity contribution in [1.29, 1.82) is 0 Å². The first-order valence-electron chi connectivity index (χ1n) is 12.7. The maximum Gasteiger partial charge on any atom is 0.303 e. The lowest BCUT2D eigenvalue weighted by Gasteiger charge is -2.58. The zero-order valence-corrected chi connectivity index (χ0v) is 20.9. The van der Waals surface area contributed by atoms with Gasteiger partial charge in [-0.1, -0.05) is 25.5 Å². The molecule has 0 aromatic rings. The Morgan fingerprint density at radius 2 is 1.73 bits per heavy atom. The summed E-state index contributed by atoms with van der Waals surface area (Å²) in [6, 6.07) is 0. The van der Waals surface area contributed by atoms with Crippen LogP contribution in [-0.2, 0) is 28.6 Å². The topological polar surface area (TPSA) is 78.9 Å². The Morgan fingerprint density at radius 3 is 2.39 bits per heavy atom. The first kappa shape index (κ1) is 24.3. The summed E-state index contributed by atoms with van der Waals surface area (Å²) in [6.45, 7) is 9.31. The molecule has 0 N–H and O–H groups in total. The standard InChI is InChI=1S/C27H40O6/c1-16(28)31-15-25(33-18(3)30)24-9-8-22-21-7-6-19-14-20(32-17(2)29)10-12-26(19,4)23(21)11-13-27(22,24)5/h6,20-25H,7-15H2,1-5H3/t20-,21+,22+,23+,24-,25+,26-,27+/m0/s1. The van der Waals surface area contributed by atoms with Gasteiger partial charge in [-0.25, -0.2) is 0 Å². The number of carbonyl (C=O) groups is 3. The number of hydrogen-bond donors (Lipinski definition) is 0. The molecule has 6 nitrogen and oxygen atoms in total. The van der Waals surface area contributed by atoms with Crippen LogP contribution in [0, 0.1) is 34.5 Å². The van der Waals surface area contributed by atoms with Crippen LogP contribution in [0.4, 0.5) is 0 Å². The van der Waals surface area contributed by atoms with Gasteiger partial charge in [-0.3, -0.25) is 14.4 Å². The molecule has 0 amide bonds. The highest BCUT2D eigenvalue weighted by molar-refractivity contribution is 5.67. The SMILES string of the molecule is CC(=O)OC[C@@H](OC(C)=O)[C@@H]1CC[C@@H]2[C@H]3CC=C4C[C@@H](OC(C)=O)CC[C@]4(C)[C@@H]3CC[C@]21C. The molecule has 0 bridgehead atoms. The number of rotatable bonds is 5. The van der Waals surface area contributed by atoms with Crippen LogP contribution in [0.2, 0.25) is 0 Å². The number of esters is 3. The van der Waals surface area contributed by atoms with E-state index >= 15 is 0 Å². The predicted molar refractivity (Wildman–Crippen MR) is 123 cm³/mol. The number of carbonyl (C=O) groups excluding carboxylic acids is 3. The van der Waals surface area contributed by atoms with Crippen LogP contribution in [-0.4, -0.2) is 36.7 Å². The molecule has 6 heteroatoms. The normalized spacial score (nSPS) is 40.4. The number of allylic oxidation sites excluding steroid dienone is 1. The van der Waals surface area contributed by atoms with Gasteiger partial charge < -0.3 is 14.2 Å². The third-order valence-electron chi connectivity index (χ3n) is 9.68. The van der Waals surface area contributed by atoms with Crippen LogP contribution >= 0.6 is 0 Å². The molecule has 4 aliphatic rings. The zero-order chi connectivity index (χ0) is 24.0. The highest BCUT2D eigenvalue weighted by Gasteiger charge is 2.60. The van der Waals surface area contributed by atoms with Crippen LogP contribution in [0.25, 0.3) is 0 Å². The highest BCUT2D eigenvalue weighted by atomic mass is 16.6. The van der Waals surface area contributed by atoms with E-state index < -0.39 is 0 Å². The molecule has 0 radical (unpaired) electrons. The molecule has 3 fully saturated rings. The van der Waals surface area contributed by atoms with Crippen LogP contribution in [0.1, 0.15) is 86.0 Å². The van der Waals surface area contributed by atoms with E-state index in [1.54, 1.807) is 0 Å².